The summed E-state index contributed by atoms with van der Waals surface area (Å²) in [5, 5.41) is 15.9. The van der Waals surface area contributed by atoms with Crippen molar-refractivity contribution in [3.05, 3.63) is 70.1 Å². The van der Waals surface area contributed by atoms with E-state index in [0.717, 1.165) is 11.1 Å². The smallest absolute Gasteiger partial charge is 0.286 e. The Morgan fingerprint density at radius 2 is 1.91 bits per heavy atom. The van der Waals surface area contributed by atoms with Crippen LogP contribution >= 0.6 is 11.3 Å². The molecule has 1 amide bonds. The van der Waals surface area contributed by atoms with E-state index in [0.29, 0.717) is 46.0 Å². The maximum Gasteiger partial charge on any atom is 0.286 e. The van der Waals surface area contributed by atoms with Crippen molar-refractivity contribution in [2.45, 2.75) is 32.1 Å². The van der Waals surface area contributed by atoms with Gasteiger partial charge in [0.05, 0.1) is 26.4 Å². The van der Waals surface area contributed by atoms with Gasteiger partial charge in [-0.15, -0.1) is 0 Å². The van der Waals surface area contributed by atoms with Crippen LogP contribution in [0.15, 0.2) is 59.0 Å². The van der Waals surface area contributed by atoms with E-state index in [-0.39, 0.29) is 30.1 Å². The summed E-state index contributed by atoms with van der Waals surface area (Å²) in [6.45, 7) is 4.56. The number of hydrogen-bond acceptors (Lipinski definition) is 7. The molecule has 2 aromatic rings. The van der Waals surface area contributed by atoms with Crippen molar-refractivity contribution in [3.63, 3.8) is 0 Å². The van der Waals surface area contributed by atoms with Gasteiger partial charge in [-0.25, -0.2) is 0 Å². The lowest BCUT2D eigenvalue weighted by atomic mass is 9.82. The second-order valence-corrected chi connectivity index (χ2v) is 8.40. The number of aliphatic hydroxyl groups excluding tert-OH is 1. The summed E-state index contributed by atoms with van der Waals surface area (Å²) in [7, 11) is 0. The molecule has 1 aliphatic heterocycles. The van der Waals surface area contributed by atoms with Gasteiger partial charge in [-0.1, -0.05) is 30.3 Å². The zero-order valence-electron chi connectivity index (χ0n) is 19.0. The number of benzene rings is 1. The van der Waals surface area contributed by atoms with Gasteiger partial charge in [0, 0.05) is 31.6 Å². The lowest BCUT2D eigenvalue weighted by Crippen LogP contribution is -2.39. The molecule has 0 spiro atoms. The van der Waals surface area contributed by atoms with Crippen molar-refractivity contribution < 1.29 is 28.8 Å². The molecule has 1 aromatic carbocycles. The van der Waals surface area contributed by atoms with E-state index < -0.39 is 6.29 Å². The van der Waals surface area contributed by atoms with Crippen LogP contribution in [-0.2, 0) is 30.3 Å². The third-order valence-corrected chi connectivity index (χ3v) is 6.07. The number of ether oxygens (including phenoxy) is 4. The molecule has 2 heterocycles. The van der Waals surface area contributed by atoms with Crippen LogP contribution in [0.2, 0.25) is 0 Å². The number of amides is 1. The van der Waals surface area contributed by atoms with Crippen LogP contribution in [0.4, 0.5) is 0 Å². The highest BCUT2D eigenvalue weighted by Gasteiger charge is 2.38. The molecule has 2 N–H and O–H groups in total. The van der Waals surface area contributed by atoms with Crippen LogP contribution < -0.4 is 5.32 Å². The highest BCUT2D eigenvalue weighted by molar-refractivity contribution is 7.08. The van der Waals surface area contributed by atoms with Crippen molar-refractivity contribution in [3.8, 4) is 0 Å². The zero-order chi connectivity index (χ0) is 23.3. The van der Waals surface area contributed by atoms with Crippen molar-refractivity contribution in [1.29, 1.82) is 0 Å². The Morgan fingerprint density at radius 3 is 2.61 bits per heavy atom. The van der Waals surface area contributed by atoms with E-state index in [1.807, 2.05) is 48.7 Å². The minimum atomic E-state index is -0.545. The first-order valence-corrected chi connectivity index (χ1v) is 12.3. The SMILES string of the molecule is CCO[C@H]1OC(C(=O)NCc2ccccc2)=C[C@@H](c2ccsc2)[C@@H]1CCOCCOCCO. The molecule has 1 aromatic heterocycles. The lowest BCUT2D eigenvalue weighted by Gasteiger charge is -2.36. The summed E-state index contributed by atoms with van der Waals surface area (Å²) >= 11 is 1.63. The van der Waals surface area contributed by atoms with E-state index in [2.05, 4.69) is 16.8 Å². The van der Waals surface area contributed by atoms with Gasteiger partial charge in [-0.2, -0.15) is 11.3 Å². The monoisotopic (exact) mass is 475 g/mol. The van der Waals surface area contributed by atoms with Crippen LogP contribution in [0.5, 0.6) is 0 Å². The predicted molar refractivity (Wildman–Crippen MR) is 127 cm³/mol. The van der Waals surface area contributed by atoms with Crippen molar-refractivity contribution in [2.24, 2.45) is 5.92 Å². The third-order valence-electron chi connectivity index (χ3n) is 5.37. The number of rotatable bonds is 14. The number of aliphatic hydroxyl groups is 1. The second kappa shape index (κ2) is 14.1. The van der Waals surface area contributed by atoms with Crippen molar-refractivity contribution in [1.82, 2.24) is 5.32 Å². The van der Waals surface area contributed by atoms with E-state index in [4.69, 9.17) is 24.1 Å². The van der Waals surface area contributed by atoms with Gasteiger partial charge >= 0.3 is 0 Å². The molecule has 1 aliphatic rings. The molecule has 0 unspecified atom stereocenters. The number of nitrogens with one attached hydrogen (secondary N) is 1. The summed E-state index contributed by atoms with van der Waals surface area (Å²) < 4.78 is 22.9. The number of thiophene rings is 1. The van der Waals surface area contributed by atoms with E-state index >= 15 is 0 Å². The average molecular weight is 476 g/mol. The summed E-state index contributed by atoms with van der Waals surface area (Å²) in [5.41, 5.74) is 2.16. The molecule has 3 atom stereocenters. The fourth-order valence-electron chi connectivity index (χ4n) is 3.75. The van der Waals surface area contributed by atoms with Gasteiger partial charge in [0.2, 0.25) is 6.29 Å². The molecule has 0 fully saturated rings. The molecule has 33 heavy (non-hydrogen) atoms. The maximum atomic E-state index is 12.9. The Bertz CT molecular complexity index is 842. The van der Waals surface area contributed by atoms with Gasteiger partial charge in [0.1, 0.15) is 0 Å². The Labute approximate surface area is 199 Å². The molecule has 0 bridgehead atoms. The highest BCUT2D eigenvalue weighted by atomic mass is 32.1. The van der Waals surface area contributed by atoms with Crippen LogP contribution in [0, 0.1) is 5.92 Å². The lowest BCUT2D eigenvalue weighted by molar-refractivity contribution is -0.168. The molecule has 0 aliphatic carbocycles. The van der Waals surface area contributed by atoms with Crippen molar-refractivity contribution in [2.75, 3.05) is 39.6 Å². The zero-order valence-corrected chi connectivity index (χ0v) is 19.8. The van der Waals surface area contributed by atoms with Crippen LogP contribution in [-0.4, -0.2) is 56.9 Å². The Balaban J connectivity index is 1.67. The van der Waals surface area contributed by atoms with Crippen LogP contribution in [0.3, 0.4) is 0 Å². The van der Waals surface area contributed by atoms with Gasteiger partial charge in [-0.05, 0) is 47.4 Å². The Kier molecular flexibility index (Phi) is 10.9. The van der Waals surface area contributed by atoms with Crippen molar-refractivity contribution >= 4 is 17.2 Å². The maximum absolute atomic E-state index is 12.9. The Morgan fingerprint density at radius 1 is 1.12 bits per heavy atom. The standard InChI is InChI=1S/C25H33NO6S/c1-2-31-25-21(8-11-29-13-14-30-12-10-27)22(20-9-15-33-18-20)16-23(32-25)24(28)26-17-19-6-4-3-5-7-19/h3-7,9,15-16,18,21-22,25,27H,2,8,10-14,17H2,1H3,(H,26,28)/t21-,22-,25-/m0/s1. The third kappa shape index (κ3) is 7.94. The minimum Gasteiger partial charge on any atom is -0.459 e. The first-order chi connectivity index (χ1) is 16.2. The summed E-state index contributed by atoms with van der Waals surface area (Å²) in [6.07, 6.45) is 2.07. The quantitative estimate of drug-likeness (QED) is 0.407. The first kappa shape index (κ1) is 25.4. The molecule has 0 radical (unpaired) electrons. The summed E-state index contributed by atoms with van der Waals surface area (Å²) in [5.74, 6) is 0.0199. The van der Waals surface area contributed by atoms with Gasteiger partial charge < -0.3 is 29.4 Å². The number of allylic oxidation sites excluding steroid dienone is 1. The van der Waals surface area contributed by atoms with E-state index in [9.17, 15) is 4.79 Å². The summed E-state index contributed by atoms with van der Waals surface area (Å²) in [6, 6.07) is 11.9. The molecule has 0 saturated heterocycles. The molecule has 8 heteroatoms. The number of carbonyl (C=O) groups is 1. The van der Waals surface area contributed by atoms with Gasteiger partial charge in [0.25, 0.3) is 5.91 Å². The largest absolute Gasteiger partial charge is 0.459 e. The average Bonchev–Trinajstić information content (AvgIpc) is 3.38. The van der Waals surface area contributed by atoms with Crippen LogP contribution in [0.1, 0.15) is 30.4 Å². The highest BCUT2D eigenvalue weighted by Crippen LogP contribution is 2.39. The predicted octanol–water partition coefficient (Wildman–Crippen LogP) is 3.46. The minimum absolute atomic E-state index is 0.00332. The number of hydrogen-bond donors (Lipinski definition) is 2. The normalized spacial score (nSPS) is 20.2. The van der Waals surface area contributed by atoms with Gasteiger partial charge in [-0.3, -0.25) is 4.79 Å². The molecule has 180 valence electrons. The molecular weight excluding hydrogens is 442 g/mol. The molecule has 3 rings (SSSR count). The van der Waals surface area contributed by atoms with Crippen LogP contribution in [0.25, 0.3) is 0 Å². The topological polar surface area (TPSA) is 86.3 Å². The summed E-state index contributed by atoms with van der Waals surface area (Å²) in [4.78, 5) is 12.9. The molecular formula is C25H33NO6S. The number of carbonyl (C=O) groups excluding carboxylic acids is 1. The molecule has 0 saturated carbocycles. The second-order valence-electron chi connectivity index (χ2n) is 7.62. The van der Waals surface area contributed by atoms with E-state index in [1.165, 1.54) is 0 Å². The fourth-order valence-corrected chi connectivity index (χ4v) is 4.46. The first-order valence-electron chi connectivity index (χ1n) is 11.3. The Hall–Kier alpha value is -2.23. The van der Waals surface area contributed by atoms with E-state index in [1.54, 1.807) is 11.3 Å². The van der Waals surface area contributed by atoms with Gasteiger partial charge in [0.15, 0.2) is 5.76 Å². The fraction of sp³-hybridized carbons (Fsp3) is 0.480. The molecule has 7 nitrogen and oxygen atoms in total.